The second kappa shape index (κ2) is 9.67. The van der Waals surface area contributed by atoms with E-state index in [1.165, 1.54) is 18.2 Å². The van der Waals surface area contributed by atoms with Gasteiger partial charge in [-0.15, -0.1) is 0 Å². The fourth-order valence-electron chi connectivity index (χ4n) is 3.34. The molecule has 9 heteroatoms. The van der Waals surface area contributed by atoms with Crippen molar-refractivity contribution >= 4 is 38.6 Å². The van der Waals surface area contributed by atoms with Gasteiger partial charge < -0.3 is 9.15 Å². The number of fused-ring (bicyclic) bond motifs is 1. The minimum Gasteiger partial charge on any atom is -0.424 e. The highest BCUT2D eigenvalue weighted by Gasteiger charge is 2.29. The largest absolute Gasteiger partial charge is 0.424 e. The van der Waals surface area contributed by atoms with E-state index in [2.05, 4.69) is 4.72 Å². The number of ether oxygens (including phenoxy) is 1. The third-order valence-corrected chi connectivity index (χ3v) is 7.12. The van der Waals surface area contributed by atoms with Crippen LogP contribution in [-0.2, 0) is 14.8 Å². The summed E-state index contributed by atoms with van der Waals surface area (Å²) in [6.45, 7) is 9.00. The maximum atomic E-state index is 13.0. The van der Waals surface area contributed by atoms with Crippen LogP contribution in [0.25, 0.3) is 11.0 Å². The van der Waals surface area contributed by atoms with E-state index in [-0.39, 0.29) is 33.6 Å². The molecule has 176 valence electrons. The van der Waals surface area contributed by atoms with Gasteiger partial charge in [0.2, 0.25) is 10.0 Å². The van der Waals surface area contributed by atoms with Gasteiger partial charge in [-0.1, -0.05) is 43.1 Å². The zero-order valence-electron chi connectivity index (χ0n) is 19.1. The summed E-state index contributed by atoms with van der Waals surface area (Å²) in [6.07, 6.45) is 0.211. The topological polar surface area (TPSA) is 103 Å². The Morgan fingerprint density at radius 3 is 2.33 bits per heavy atom. The second-order valence-electron chi connectivity index (χ2n) is 8.46. The molecule has 0 bridgehead atoms. The molecule has 1 aromatic heterocycles. The average molecular weight is 492 g/mol. The predicted octanol–water partition coefficient (Wildman–Crippen LogP) is 4.67. The maximum absolute atomic E-state index is 13.0. The van der Waals surface area contributed by atoms with Crippen LogP contribution in [0.3, 0.4) is 0 Å². The molecule has 7 nitrogen and oxygen atoms in total. The molecular formula is C24H26ClNO6S. The van der Waals surface area contributed by atoms with Crippen molar-refractivity contribution < 1.29 is 22.4 Å². The van der Waals surface area contributed by atoms with Crippen molar-refractivity contribution in [2.24, 2.45) is 5.92 Å². The van der Waals surface area contributed by atoms with Crippen molar-refractivity contribution in [2.45, 2.75) is 52.0 Å². The van der Waals surface area contributed by atoms with E-state index in [1.54, 1.807) is 32.0 Å². The smallest absolute Gasteiger partial charge is 0.339 e. The average Bonchev–Trinajstić information content (AvgIpc) is 2.73. The molecule has 1 N–H and O–H groups in total. The Balaban J connectivity index is 1.92. The summed E-state index contributed by atoms with van der Waals surface area (Å²) in [5.41, 5.74) is 1.81. The highest BCUT2D eigenvalue weighted by atomic mass is 35.5. The van der Waals surface area contributed by atoms with Crippen molar-refractivity contribution in [3.63, 3.8) is 0 Å². The molecule has 0 unspecified atom stereocenters. The Morgan fingerprint density at radius 2 is 1.73 bits per heavy atom. The van der Waals surface area contributed by atoms with Crippen LogP contribution in [0.5, 0.6) is 5.75 Å². The molecular weight excluding hydrogens is 466 g/mol. The van der Waals surface area contributed by atoms with Gasteiger partial charge in [-0.2, -0.15) is 4.72 Å². The quantitative estimate of drug-likeness (QED) is 0.292. The molecule has 0 spiro atoms. The van der Waals surface area contributed by atoms with Crippen LogP contribution in [-0.4, -0.2) is 20.4 Å². The highest BCUT2D eigenvalue weighted by Crippen LogP contribution is 2.32. The molecule has 1 atom stereocenters. The zero-order valence-corrected chi connectivity index (χ0v) is 20.6. The van der Waals surface area contributed by atoms with Crippen molar-refractivity contribution in [1.82, 2.24) is 4.72 Å². The molecule has 3 rings (SSSR count). The molecule has 0 fully saturated rings. The summed E-state index contributed by atoms with van der Waals surface area (Å²) in [6, 6.07) is 8.08. The Bertz CT molecular complexity index is 1360. The number of hydrogen-bond donors (Lipinski definition) is 1. The number of carbonyl (C=O) groups excluding carboxylic acids is 1. The molecule has 0 aliphatic heterocycles. The number of benzene rings is 2. The van der Waals surface area contributed by atoms with Crippen molar-refractivity contribution in [3.05, 3.63) is 68.5 Å². The fraction of sp³-hybridized carbons (Fsp3) is 0.333. The molecule has 0 aliphatic carbocycles. The molecule has 3 aromatic rings. The molecule has 2 aromatic carbocycles. The van der Waals surface area contributed by atoms with E-state index >= 15 is 0 Å². The SMILES string of the molecule is Cc1ccc(S(=O)(=O)N[C@H](CC(C)C)C(=O)Oc2cc3oc(=O)c(C)c(C)c3cc2Cl)cc1. The molecule has 0 amide bonds. The Kier molecular flexibility index (Phi) is 7.31. The highest BCUT2D eigenvalue weighted by molar-refractivity contribution is 7.89. The molecule has 33 heavy (non-hydrogen) atoms. The first-order valence-electron chi connectivity index (χ1n) is 10.4. The number of aryl methyl sites for hydroxylation is 2. The number of carbonyl (C=O) groups is 1. The summed E-state index contributed by atoms with van der Waals surface area (Å²) >= 11 is 6.33. The van der Waals surface area contributed by atoms with Gasteiger partial charge >= 0.3 is 11.6 Å². The van der Waals surface area contributed by atoms with E-state index in [9.17, 15) is 18.0 Å². The van der Waals surface area contributed by atoms with Gasteiger partial charge in [0.1, 0.15) is 11.6 Å². The van der Waals surface area contributed by atoms with Crippen molar-refractivity contribution in [3.8, 4) is 5.75 Å². The van der Waals surface area contributed by atoms with Gasteiger partial charge in [-0.3, -0.25) is 0 Å². The van der Waals surface area contributed by atoms with Crippen LogP contribution < -0.4 is 15.1 Å². The third-order valence-electron chi connectivity index (χ3n) is 5.34. The Hall–Kier alpha value is -2.68. The molecule has 0 radical (unpaired) electrons. The summed E-state index contributed by atoms with van der Waals surface area (Å²) in [7, 11) is -3.96. The lowest BCUT2D eigenvalue weighted by Gasteiger charge is -2.20. The lowest BCUT2D eigenvalue weighted by Crippen LogP contribution is -2.43. The number of nitrogens with one attached hydrogen (secondary N) is 1. The van der Waals surface area contributed by atoms with Crippen molar-refractivity contribution in [1.29, 1.82) is 0 Å². The number of rotatable bonds is 7. The zero-order chi connectivity index (χ0) is 24.5. The van der Waals surface area contributed by atoms with Crippen LogP contribution in [0.2, 0.25) is 5.02 Å². The number of sulfonamides is 1. The van der Waals surface area contributed by atoms with E-state index in [4.69, 9.17) is 20.8 Å². The van der Waals surface area contributed by atoms with E-state index in [1.807, 2.05) is 20.8 Å². The van der Waals surface area contributed by atoms with Gasteiger partial charge in [0.25, 0.3) is 0 Å². The summed E-state index contributed by atoms with van der Waals surface area (Å²) in [4.78, 5) is 25.1. The molecule has 0 saturated carbocycles. The van der Waals surface area contributed by atoms with Crippen LogP contribution in [0, 0.1) is 26.7 Å². The van der Waals surface area contributed by atoms with Crippen LogP contribution in [0.1, 0.15) is 37.0 Å². The molecule has 0 saturated heterocycles. The van der Waals surface area contributed by atoms with Crippen LogP contribution >= 0.6 is 11.6 Å². The molecule has 1 heterocycles. The number of esters is 1. The van der Waals surface area contributed by atoms with E-state index < -0.39 is 27.7 Å². The minimum absolute atomic E-state index is 0.000936. The standard InChI is InChI=1S/C24H26ClNO6S/c1-13(2)10-20(26-33(29,30)17-8-6-14(3)7-9-17)24(28)32-22-12-21-18(11-19(22)25)15(4)16(5)23(27)31-21/h6-9,11-13,20,26H,10H2,1-5H3/t20-/m1/s1. The van der Waals surface area contributed by atoms with Gasteiger partial charge in [-0.05, 0) is 56.9 Å². The first-order chi connectivity index (χ1) is 15.4. The maximum Gasteiger partial charge on any atom is 0.339 e. The fourth-order valence-corrected chi connectivity index (χ4v) is 4.74. The Labute approximate surface area is 197 Å². The lowest BCUT2D eigenvalue weighted by atomic mass is 10.0. The lowest BCUT2D eigenvalue weighted by molar-refractivity contribution is -0.136. The van der Waals surface area contributed by atoms with Gasteiger partial charge in [0, 0.05) is 17.0 Å². The van der Waals surface area contributed by atoms with E-state index in [0.29, 0.717) is 16.5 Å². The third kappa shape index (κ3) is 5.63. The summed E-state index contributed by atoms with van der Waals surface area (Å²) < 4.78 is 38.9. The van der Waals surface area contributed by atoms with E-state index in [0.717, 1.165) is 5.56 Å². The van der Waals surface area contributed by atoms with Gasteiger partial charge in [-0.25, -0.2) is 18.0 Å². The first kappa shape index (κ1) is 25.0. The monoisotopic (exact) mass is 491 g/mol. The molecule has 0 aliphatic rings. The summed E-state index contributed by atoms with van der Waals surface area (Å²) in [5, 5.41) is 0.757. The first-order valence-corrected chi connectivity index (χ1v) is 12.3. The predicted molar refractivity (Wildman–Crippen MR) is 127 cm³/mol. The number of halogens is 1. The minimum atomic E-state index is -3.96. The normalized spacial score (nSPS) is 12.8. The van der Waals surface area contributed by atoms with Gasteiger partial charge in [0.15, 0.2) is 5.75 Å². The van der Waals surface area contributed by atoms with Crippen LogP contribution in [0.15, 0.2) is 50.5 Å². The number of hydrogen-bond acceptors (Lipinski definition) is 6. The van der Waals surface area contributed by atoms with Crippen molar-refractivity contribution in [2.75, 3.05) is 0 Å². The summed E-state index contributed by atoms with van der Waals surface area (Å²) in [5.74, 6) is -0.838. The second-order valence-corrected chi connectivity index (χ2v) is 10.6. The Morgan fingerprint density at radius 1 is 1.09 bits per heavy atom. The van der Waals surface area contributed by atoms with Crippen LogP contribution in [0.4, 0.5) is 0 Å². The van der Waals surface area contributed by atoms with Gasteiger partial charge in [0.05, 0.1) is 9.92 Å².